The molecule has 2 amide bonds. The molecule has 7 nitrogen and oxygen atoms in total. The molecule has 2 aromatic rings. The standard InChI is InChI=1S/C17H18FN3O4S/c1-11-10-26-16(19-11)8-14(22)20-21-15(23)9-25-17(24)7-4-12-2-5-13(18)6-3-12/h2-3,5-6,10H,4,7-9H2,1H3,(H,20,22)(H,21,23). The molecular formula is C17H18FN3O4S. The predicted molar refractivity (Wildman–Crippen MR) is 92.5 cm³/mol. The molecule has 0 bridgehead atoms. The number of thiazole rings is 1. The Morgan fingerprint density at radius 1 is 1.15 bits per heavy atom. The summed E-state index contributed by atoms with van der Waals surface area (Å²) in [6.07, 6.45) is 0.496. The first-order chi connectivity index (χ1) is 12.4. The fraction of sp³-hybridized carbons (Fsp3) is 0.294. The maximum atomic E-state index is 12.8. The second kappa shape index (κ2) is 9.62. The van der Waals surface area contributed by atoms with Crippen molar-refractivity contribution in [3.63, 3.8) is 0 Å². The summed E-state index contributed by atoms with van der Waals surface area (Å²) in [7, 11) is 0. The van der Waals surface area contributed by atoms with Gasteiger partial charge < -0.3 is 4.74 Å². The summed E-state index contributed by atoms with van der Waals surface area (Å²) in [5, 5.41) is 2.47. The number of carbonyl (C=O) groups excluding carboxylic acids is 3. The van der Waals surface area contributed by atoms with Crippen LogP contribution in [-0.2, 0) is 32.0 Å². The number of nitrogens with zero attached hydrogens (tertiary/aromatic N) is 1. The topological polar surface area (TPSA) is 97.4 Å². The minimum atomic E-state index is -0.649. The Morgan fingerprint density at radius 2 is 1.85 bits per heavy atom. The molecule has 0 saturated carbocycles. The molecule has 0 aliphatic heterocycles. The van der Waals surface area contributed by atoms with Crippen LogP contribution in [0.15, 0.2) is 29.6 Å². The van der Waals surface area contributed by atoms with Crippen LogP contribution in [0, 0.1) is 12.7 Å². The average Bonchev–Trinajstić information content (AvgIpc) is 3.02. The zero-order valence-corrected chi connectivity index (χ0v) is 14.9. The minimum Gasteiger partial charge on any atom is -0.455 e. The van der Waals surface area contributed by atoms with Gasteiger partial charge in [-0.05, 0) is 31.0 Å². The van der Waals surface area contributed by atoms with E-state index in [1.807, 2.05) is 12.3 Å². The van der Waals surface area contributed by atoms with Gasteiger partial charge in [-0.15, -0.1) is 11.3 Å². The summed E-state index contributed by atoms with van der Waals surface area (Å²) >= 11 is 1.36. The van der Waals surface area contributed by atoms with Gasteiger partial charge in [-0.3, -0.25) is 25.2 Å². The number of rotatable bonds is 7. The third kappa shape index (κ3) is 6.98. The number of aryl methyl sites for hydroxylation is 2. The molecule has 2 N–H and O–H groups in total. The number of esters is 1. The second-order valence-electron chi connectivity index (χ2n) is 5.44. The van der Waals surface area contributed by atoms with Crippen molar-refractivity contribution in [2.24, 2.45) is 0 Å². The highest BCUT2D eigenvalue weighted by Crippen LogP contribution is 2.09. The van der Waals surface area contributed by atoms with E-state index in [1.54, 1.807) is 12.1 Å². The van der Waals surface area contributed by atoms with Crippen molar-refractivity contribution >= 4 is 29.1 Å². The molecule has 0 aliphatic carbocycles. The maximum Gasteiger partial charge on any atom is 0.306 e. The SMILES string of the molecule is Cc1csc(CC(=O)NNC(=O)COC(=O)CCc2ccc(F)cc2)n1. The molecule has 1 heterocycles. The van der Waals surface area contributed by atoms with E-state index in [4.69, 9.17) is 4.74 Å². The third-order valence-electron chi connectivity index (χ3n) is 3.22. The summed E-state index contributed by atoms with van der Waals surface area (Å²) in [4.78, 5) is 39.0. The molecule has 1 aromatic heterocycles. The van der Waals surface area contributed by atoms with Crippen molar-refractivity contribution in [1.82, 2.24) is 15.8 Å². The summed E-state index contributed by atoms with van der Waals surface area (Å²) in [6.45, 7) is 1.32. The zero-order valence-electron chi connectivity index (χ0n) is 14.1. The van der Waals surface area contributed by atoms with E-state index >= 15 is 0 Å². The van der Waals surface area contributed by atoms with Crippen LogP contribution in [0.4, 0.5) is 4.39 Å². The van der Waals surface area contributed by atoms with Gasteiger partial charge in [0.2, 0.25) is 5.91 Å². The molecular weight excluding hydrogens is 361 g/mol. The number of aromatic nitrogens is 1. The van der Waals surface area contributed by atoms with Crippen LogP contribution in [0.5, 0.6) is 0 Å². The molecule has 0 radical (unpaired) electrons. The van der Waals surface area contributed by atoms with Crippen molar-refractivity contribution in [2.75, 3.05) is 6.61 Å². The molecule has 0 saturated heterocycles. The van der Waals surface area contributed by atoms with Crippen LogP contribution >= 0.6 is 11.3 Å². The number of ether oxygens (including phenoxy) is 1. The molecule has 2 rings (SSSR count). The van der Waals surface area contributed by atoms with Gasteiger partial charge in [-0.2, -0.15) is 0 Å². The summed E-state index contributed by atoms with van der Waals surface area (Å²) < 4.78 is 17.6. The van der Waals surface area contributed by atoms with Crippen LogP contribution in [0.3, 0.4) is 0 Å². The van der Waals surface area contributed by atoms with E-state index in [1.165, 1.54) is 23.5 Å². The molecule has 0 unspecified atom stereocenters. The van der Waals surface area contributed by atoms with Gasteiger partial charge in [0.05, 0.1) is 6.42 Å². The van der Waals surface area contributed by atoms with Crippen molar-refractivity contribution in [1.29, 1.82) is 0 Å². The number of hydrazine groups is 1. The van der Waals surface area contributed by atoms with E-state index in [9.17, 15) is 18.8 Å². The van der Waals surface area contributed by atoms with Gasteiger partial charge in [-0.1, -0.05) is 12.1 Å². The Kier molecular flexibility index (Phi) is 7.22. The number of carbonyl (C=O) groups is 3. The van der Waals surface area contributed by atoms with Crippen LogP contribution in [-0.4, -0.2) is 29.4 Å². The summed E-state index contributed by atoms with van der Waals surface area (Å²) in [6, 6.07) is 5.78. The first-order valence-corrected chi connectivity index (χ1v) is 8.69. The van der Waals surface area contributed by atoms with Gasteiger partial charge in [-0.25, -0.2) is 9.37 Å². The van der Waals surface area contributed by atoms with Crippen molar-refractivity contribution in [3.05, 3.63) is 51.7 Å². The third-order valence-corrected chi connectivity index (χ3v) is 4.18. The lowest BCUT2D eigenvalue weighted by atomic mass is 10.1. The van der Waals surface area contributed by atoms with Crippen LogP contribution < -0.4 is 10.9 Å². The maximum absolute atomic E-state index is 12.8. The number of benzene rings is 1. The highest BCUT2D eigenvalue weighted by atomic mass is 32.1. The van der Waals surface area contributed by atoms with E-state index in [0.717, 1.165) is 11.3 Å². The monoisotopic (exact) mass is 379 g/mol. The zero-order chi connectivity index (χ0) is 18.9. The number of halogens is 1. The summed E-state index contributed by atoms with van der Waals surface area (Å²) in [5.74, 6) is -1.98. The normalized spacial score (nSPS) is 10.2. The average molecular weight is 379 g/mol. The number of nitrogens with one attached hydrogen (secondary N) is 2. The molecule has 1 aromatic carbocycles. The Labute approximate surface area is 153 Å². The Hall–Kier alpha value is -2.81. The van der Waals surface area contributed by atoms with E-state index < -0.39 is 24.4 Å². The largest absolute Gasteiger partial charge is 0.455 e. The number of amides is 2. The lowest BCUT2D eigenvalue weighted by Crippen LogP contribution is -2.44. The molecule has 0 aliphatic rings. The Bertz CT molecular complexity index is 777. The van der Waals surface area contributed by atoms with Crippen molar-refractivity contribution in [2.45, 2.75) is 26.2 Å². The lowest BCUT2D eigenvalue weighted by molar-refractivity contribution is -0.149. The quantitative estimate of drug-likeness (QED) is 0.561. The number of hydrogen-bond donors (Lipinski definition) is 2. The summed E-state index contributed by atoms with van der Waals surface area (Å²) in [5.41, 5.74) is 6.01. The second-order valence-corrected chi connectivity index (χ2v) is 6.39. The van der Waals surface area contributed by atoms with Crippen LogP contribution in [0.25, 0.3) is 0 Å². The highest BCUT2D eigenvalue weighted by Gasteiger charge is 2.10. The fourth-order valence-corrected chi connectivity index (χ4v) is 2.73. The van der Waals surface area contributed by atoms with Gasteiger partial charge in [0.15, 0.2) is 6.61 Å². The number of hydrogen-bond acceptors (Lipinski definition) is 6. The fourth-order valence-electron chi connectivity index (χ4n) is 1.96. The van der Waals surface area contributed by atoms with Crippen molar-refractivity contribution < 1.29 is 23.5 Å². The lowest BCUT2D eigenvalue weighted by Gasteiger charge is -2.07. The highest BCUT2D eigenvalue weighted by molar-refractivity contribution is 7.09. The van der Waals surface area contributed by atoms with Gasteiger partial charge in [0, 0.05) is 17.5 Å². The van der Waals surface area contributed by atoms with E-state index in [-0.39, 0.29) is 18.7 Å². The van der Waals surface area contributed by atoms with Gasteiger partial charge in [0.25, 0.3) is 5.91 Å². The molecule has 0 spiro atoms. The first kappa shape index (κ1) is 19.5. The van der Waals surface area contributed by atoms with Gasteiger partial charge >= 0.3 is 5.97 Å². The molecule has 9 heteroatoms. The first-order valence-electron chi connectivity index (χ1n) is 7.81. The molecule has 0 fully saturated rings. The van der Waals surface area contributed by atoms with Crippen LogP contribution in [0.1, 0.15) is 22.7 Å². The van der Waals surface area contributed by atoms with Crippen molar-refractivity contribution in [3.8, 4) is 0 Å². The molecule has 0 atom stereocenters. The van der Waals surface area contributed by atoms with E-state index in [0.29, 0.717) is 11.4 Å². The predicted octanol–water partition coefficient (Wildman–Crippen LogP) is 1.46. The van der Waals surface area contributed by atoms with Crippen LogP contribution in [0.2, 0.25) is 0 Å². The van der Waals surface area contributed by atoms with E-state index in [2.05, 4.69) is 15.8 Å². The smallest absolute Gasteiger partial charge is 0.306 e. The van der Waals surface area contributed by atoms with Gasteiger partial charge in [0.1, 0.15) is 10.8 Å². The Balaban J connectivity index is 1.60. The Morgan fingerprint density at radius 3 is 2.50 bits per heavy atom. The molecule has 138 valence electrons. The minimum absolute atomic E-state index is 0.0518. The molecule has 26 heavy (non-hydrogen) atoms.